The van der Waals surface area contributed by atoms with Crippen molar-refractivity contribution in [2.24, 2.45) is 0 Å². The van der Waals surface area contributed by atoms with E-state index >= 15 is 0 Å². The molecule has 0 saturated carbocycles. The van der Waals surface area contributed by atoms with Crippen molar-refractivity contribution in [2.75, 3.05) is 13.7 Å². The average molecular weight is 339 g/mol. The summed E-state index contributed by atoms with van der Waals surface area (Å²) in [5.41, 5.74) is 2.69. The van der Waals surface area contributed by atoms with Crippen molar-refractivity contribution in [1.29, 1.82) is 0 Å². The highest BCUT2D eigenvalue weighted by molar-refractivity contribution is 5.98. The van der Waals surface area contributed by atoms with Crippen LogP contribution in [0.2, 0.25) is 0 Å². The van der Waals surface area contributed by atoms with Crippen molar-refractivity contribution in [1.82, 2.24) is 5.32 Å². The lowest BCUT2D eigenvalue weighted by Gasteiger charge is -2.16. The number of carbonyl (C=O) groups excluding carboxylic acids is 2. The van der Waals surface area contributed by atoms with Crippen molar-refractivity contribution in [3.63, 3.8) is 0 Å². The SMILES string of the molecule is COc1ccccc1CNC(=O)COc1ccc2c(c1)CCCC2=O. The molecule has 1 N–H and O–H groups in total. The quantitative estimate of drug-likeness (QED) is 0.879. The first-order valence-corrected chi connectivity index (χ1v) is 8.35. The van der Waals surface area contributed by atoms with Gasteiger partial charge < -0.3 is 14.8 Å². The van der Waals surface area contributed by atoms with Crippen LogP contribution < -0.4 is 14.8 Å². The van der Waals surface area contributed by atoms with Gasteiger partial charge in [-0.15, -0.1) is 0 Å². The lowest BCUT2D eigenvalue weighted by atomic mass is 9.91. The van der Waals surface area contributed by atoms with Crippen LogP contribution in [-0.2, 0) is 17.8 Å². The van der Waals surface area contributed by atoms with Crippen LogP contribution in [0.5, 0.6) is 11.5 Å². The number of rotatable bonds is 6. The van der Waals surface area contributed by atoms with E-state index in [0.29, 0.717) is 18.7 Å². The maximum absolute atomic E-state index is 12.0. The number of amides is 1. The predicted molar refractivity (Wildman–Crippen MR) is 94.0 cm³/mol. The number of aryl methyl sites for hydroxylation is 1. The second-order valence-corrected chi connectivity index (χ2v) is 5.97. The third-order valence-electron chi connectivity index (χ3n) is 4.27. The molecule has 0 aliphatic heterocycles. The summed E-state index contributed by atoms with van der Waals surface area (Å²) in [7, 11) is 1.60. The number of Topliss-reactive ketones (excluding diaryl/α,β-unsaturated/α-hetero) is 1. The maximum Gasteiger partial charge on any atom is 0.258 e. The monoisotopic (exact) mass is 339 g/mol. The summed E-state index contributed by atoms with van der Waals surface area (Å²) >= 11 is 0. The van der Waals surface area contributed by atoms with Gasteiger partial charge in [0.05, 0.1) is 7.11 Å². The minimum Gasteiger partial charge on any atom is -0.496 e. The molecule has 0 saturated heterocycles. The lowest BCUT2D eigenvalue weighted by molar-refractivity contribution is -0.123. The highest BCUT2D eigenvalue weighted by Crippen LogP contribution is 2.25. The zero-order valence-corrected chi connectivity index (χ0v) is 14.2. The zero-order valence-electron chi connectivity index (χ0n) is 14.2. The number of benzene rings is 2. The Balaban J connectivity index is 1.53. The number of carbonyl (C=O) groups is 2. The Morgan fingerprint density at radius 2 is 2.00 bits per heavy atom. The molecule has 0 unspecified atom stereocenters. The van der Waals surface area contributed by atoms with Crippen molar-refractivity contribution in [2.45, 2.75) is 25.8 Å². The van der Waals surface area contributed by atoms with Gasteiger partial charge in [-0.1, -0.05) is 18.2 Å². The molecule has 25 heavy (non-hydrogen) atoms. The van der Waals surface area contributed by atoms with Gasteiger partial charge in [0.1, 0.15) is 11.5 Å². The molecule has 1 aliphatic carbocycles. The van der Waals surface area contributed by atoms with Gasteiger partial charge in [-0.05, 0) is 42.7 Å². The fraction of sp³-hybridized carbons (Fsp3) is 0.300. The topological polar surface area (TPSA) is 64.6 Å². The van der Waals surface area contributed by atoms with E-state index in [0.717, 1.165) is 35.3 Å². The Hall–Kier alpha value is -2.82. The van der Waals surface area contributed by atoms with Gasteiger partial charge in [0.25, 0.3) is 5.91 Å². The molecular formula is C20H21NO4. The summed E-state index contributed by atoms with van der Waals surface area (Å²) in [6.07, 6.45) is 2.35. The van der Waals surface area contributed by atoms with Gasteiger partial charge >= 0.3 is 0 Å². The molecule has 0 atom stereocenters. The fourth-order valence-corrected chi connectivity index (χ4v) is 2.96. The normalized spacial score (nSPS) is 13.1. The molecule has 0 radical (unpaired) electrons. The van der Waals surface area contributed by atoms with Crippen molar-refractivity contribution >= 4 is 11.7 Å². The highest BCUT2D eigenvalue weighted by atomic mass is 16.5. The molecule has 5 nitrogen and oxygen atoms in total. The van der Waals surface area contributed by atoms with Crippen molar-refractivity contribution < 1.29 is 19.1 Å². The lowest BCUT2D eigenvalue weighted by Crippen LogP contribution is -2.28. The summed E-state index contributed by atoms with van der Waals surface area (Å²) in [5.74, 6) is 1.33. The first-order valence-electron chi connectivity index (χ1n) is 8.35. The van der Waals surface area contributed by atoms with E-state index in [2.05, 4.69) is 5.32 Å². The van der Waals surface area contributed by atoms with E-state index in [9.17, 15) is 9.59 Å². The van der Waals surface area contributed by atoms with Crippen LogP contribution in [0, 0.1) is 0 Å². The summed E-state index contributed by atoms with van der Waals surface area (Å²) in [6.45, 7) is 0.312. The summed E-state index contributed by atoms with van der Waals surface area (Å²) in [5, 5.41) is 2.82. The molecule has 5 heteroatoms. The molecule has 3 rings (SSSR count). The van der Waals surface area contributed by atoms with E-state index in [4.69, 9.17) is 9.47 Å². The molecule has 0 fully saturated rings. The minimum atomic E-state index is -0.209. The molecule has 130 valence electrons. The first kappa shape index (κ1) is 17.0. The number of methoxy groups -OCH3 is 1. The Morgan fingerprint density at radius 1 is 1.16 bits per heavy atom. The average Bonchev–Trinajstić information content (AvgIpc) is 2.65. The molecule has 1 aliphatic rings. The molecule has 1 amide bonds. The van der Waals surface area contributed by atoms with E-state index < -0.39 is 0 Å². The van der Waals surface area contributed by atoms with E-state index in [1.807, 2.05) is 30.3 Å². The second-order valence-electron chi connectivity index (χ2n) is 5.97. The van der Waals surface area contributed by atoms with Crippen molar-refractivity contribution in [3.8, 4) is 11.5 Å². The predicted octanol–water partition coefficient (Wildman–Crippen LogP) is 2.91. The molecule has 0 bridgehead atoms. The Morgan fingerprint density at radius 3 is 2.84 bits per heavy atom. The number of ether oxygens (including phenoxy) is 2. The van der Waals surface area contributed by atoms with Crippen LogP contribution in [0.25, 0.3) is 0 Å². The van der Waals surface area contributed by atoms with Crippen LogP contribution in [-0.4, -0.2) is 25.4 Å². The summed E-state index contributed by atoms with van der Waals surface area (Å²) in [4.78, 5) is 23.8. The van der Waals surface area contributed by atoms with Crippen LogP contribution in [0.4, 0.5) is 0 Å². The second kappa shape index (κ2) is 7.83. The zero-order chi connectivity index (χ0) is 17.6. The molecule has 0 heterocycles. The van der Waals surface area contributed by atoms with Crippen LogP contribution >= 0.6 is 0 Å². The van der Waals surface area contributed by atoms with Crippen molar-refractivity contribution in [3.05, 3.63) is 59.2 Å². The molecular weight excluding hydrogens is 318 g/mol. The number of para-hydroxylation sites is 1. The van der Waals surface area contributed by atoms with E-state index in [1.165, 1.54) is 0 Å². The number of hydrogen-bond acceptors (Lipinski definition) is 4. The van der Waals surface area contributed by atoms with Gasteiger partial charge in [0.2, 0.25) is 0 Å². The van der Waals surface area contributed by atoms with Gasteiger partial charge in [-0.25, -0.2) is 0 Å². The van der Waals surface area contributed by atoms with Crippen LogP contribution in [0.3, 0.4) is 0 Å². The highest BCUT2D eigenvalue weighted by Gasteiger charge is 2.17. The van der Waals surface area contributed by atoms with Gasteiger partial charge in [0.15, 0.2) is 12.4 Å². The summed E-state index contributed by atoms with van der Waals surface area (Å²) < 4.78 is 10.8. The minimum absolute atomic E-state index is 0.0676. The maximum atomic E-state index is 12.0. The van der Waals surface area contributed by atoms with E-state index in [-0.39, 0.29) is 18.3 Å². The smallest absolute Gasteiger partial charge is 0.258 e. The number of fused-ring (bicyclic) bond motifs is 1. The van der Waals surface area contributed by atoms with Gasteiger partial charge in [-0.2, -0.15) is 0 Å². The third-order valence-corrected chi connectivity index (χ3v) is 4.27. The Bertz CT molecular complexity index is 785. The Labute approximate surface area is 147 Å². The number of hydrogen-bond donors (Lipinski definition) is 1. The van der Waals surface area contributed by atoms with Gasteiger partial charge in [-0.3, -0.25) is 9.59 Å². The summed E-state index contributed by atoms with van der Waals surface area (Å²) in [6, 6.07) is 12.9. The standard InChI is InChI=1S/C20H21NO4/c1-24-19-8-3-2-5-15(19)12-21-20(23)13-25-16-9-10-17-14(11-16)6-4-7-18(17)22/h2-3,5,8-11H,4,6-7,12-13H2,1H3,(H,21,23). The molecule has 0 spiro atoms. The van der Waals surface area contributed by atoms with Crippen LogP contribution in [0.15, 0.2) is 42.5 Å². The number of nitrogens with one attached hydrogen (secondary N) is 1. The number of ketones is 1. The van der Waals surface area contributed by atoms with Gasteiger partial charge in [0, 0.05) is 24.1 Å². The van der Waals surface area contributed by atoms with Crippen LogP contribution in [0.1, 0.15) is 34.3 Å². The molecule has 2 aromatic rings. The fourth-order valence-electron chi connectivity index (χ4n) is 2.96. The third kappa shape index (κ3) is 4.18. The first-order chi connectivity index (χ1) is 12.2. The molecule has 0 aromatic heterocycles. The molecule has 2 aromatic carbocycles. The Kier molecular flexibility index (Phi) is 5.33. The largest absolute Gasteiger partial charge is 0.496 e. The van der Waals surface area contributed by atoms with E-state index in [1.54, 1.807) is 19.2 Å².